The van der Waals surface area contributed by atoms with Crippen LogP contribution in [0.2, 0.25) is 0 Å². The molecular formula is C9H13ClO. The molecule has 62 valence electrons. The van der Waals surface area contributed by atoms with Gasteiger partial charge in [-0.25, -0.2) is 0 Å². The van der Waals surface area contributed by atoms with Crippen molar-refractivity contribution in [2.45, 2.75) is 32.1 Å². The Morgan fingerprint density at radius 3 is 2.36 bits per heavy atom. The van der Waals surface area contributed by atoms with Crippen LogP contribution < -0.4 is 0 Å². The molecule has 2 heteroatoms. The van der Waals surface area contributed by atoms with Gasteiger partial charge in [0, 0.05) is 11.0 Å². The molecule has 0 saturated carbocycles. The second-order valence-electron chi connectivity index (χ2n) is 3.70. The van der Waals surface area contributed by atoms with E-state index in [4.69, 9.17) is 16.0 Å². The molecular weight excluding hydrogens is 160 g/mol. The summed E-state index contributed by atoms with van der Waals surface area (Å²) in [5.74, 6) is 1.52. The number of alkyl halides is 1. The SMILES string of the molecule is CC(C)(C)c1cc(CCl)co1. The Labute approximate surface area is 72.4 Å². The van der Waals surface area contributed by atoms with Gasteiger partial charge >= 0.3 is 0 Å². The first-order valence-corrected chi connectivity index (χ1v) is 4.21. The first-order valence-electron chi connectivity index (χ1n) is 3.68. The smallest absolute Gasteiger partial charge is 0.109 e. The molecule has 1 heterocycles. The minimum atomic E-state index is 0.0876. The fourth-order valence-corrected chi connectivity index (χ4v) is 0.979. The predicted molar refractivity (Wildman–Crippen MR) is 47.0 cm³/mol. The highest BCUT2D eigenvalue weighted by molar-refractivity contribution is 6.17. The van der Waals surface area contributed by atoms with Crippen molar-refractivity contribution in [3.05, 3.63) is 23.7 Å². The summed E-state index contributed by atoms with van der Waals surface area (Å²) < 4.78 is 5.34. The van der Waals surface area contributed by atoms with Crippen LogP contribution in [0, 0.1) is 0 Å². The molecule has 0 aromatic carbocycles. The van der Waals surface area contributed by atoms with Crippen molar-refractivity contribution >= 4 is 11.6 Å². The zero-order valence-corrected chi connectivity index (χ0v) is 7.90. The largest absolute Gasteiger partial charge is 0.468 e. The molecule has 0 amide bonds. The van der Waals surface area contributed by atoms with E-state index in [9.17, 15) is 0 Å². The molecule has 1 aromatic rings. The fourth-order valence-electron chi connectivity index (χ4n) is 0.839. The molecule has 0 aliphatic heterocycles. The van der Waals surface area contributed by atoms with Crippen molar-refractivity contribution in [3.8, 4) is 0 Å². The van der Waals surface area contributed by atoms with Crippen LogP contribution in [0.3, 0.4) is 0 Å². The molecule has 0 unspecified atom stereocenters. The van der Waals surface area contributed by atoms with Crippen molar-refractivity contribution in [1.29, 1.82) is 0 Å². The number of hydrogen-bond donors (Lipinski definition) is 0. The lowest BCUT2D eigenvalue weighted by Crippen LogP contribution is -2.08. The molecule has 0 fully saturated rings. The third-order valence-corrected chi connectivity index (χ3v) is 1.86. The highest BCUT2D eigenvalue weighted by atomic mass is 35.5. The topological polar surface area (TPSA) is 13.1 Å². The average molecular weight is 173 g/mol. The van der Waals surface area contributed by atoms with Gasteiger partial charge in [-0.15, -0.1) is 11.6 Å². The van der Waals surface area contributed by atoms with E-state index in [1.54, 1.807) is 6.26 Å². The van der Waals surface area contributed by atoms with E-state index in [1.807, 2.05) is 6.07 Å². The molecule has 1 rings (SSSR count). The van der Waals surface area contributed by atoms with Crippen molar-refractivity contribution in [1.82, 2.24) is 0 Å². The lowest BCUT2D eigenvalue weighted by Gasteiger charge is -2.13. The summed E-state index contributed by atoms with van der Waals surface area (Å²) in [5.41, 5.74) is 1.14. The monoisotopic (exact) mass is 172 g/mol. The standard InChI is InChI=1S/C9H13ClO/c1-9(2,3)8-4-7(5-10)6-11-8/h4,6H,5H2,1-3H3. The predicted octanol–water partition coefficient (Wildman–Crippen LogP) is 3.32. The summed E-state index contributed by atoms with van der Waals surface area (Å²) in [7, 11) is 0. The average Bonchev–Trinajstić information content (AvgIpc) is 2.32. The molecule has 0 saturated heterocycles. The zero-order chi connectivity index (χ0) is 8.48. The van der Waals surface area contributed by atoms with Gasteiger partial charge in [0.05, 0.1) is 12.1 Å². The van der Waals surface area contributed by atoms with Crippen LogP contribution in [-0.2, 0) is 11.3 Å². The van der Waals surface area contributed by atoms with E-state index in [-0.39, 0.29) is 5.41 Å². The highest BCUT2D eigenvalue weighted by Crippen LogP contribution is 2.24. The number of halogens is 1. The van der Waals surface area contributed by atoms with E-state index in [0.29, 0.717) is 5.88 Å². The van der Waals surface area contributed by atoms with Gasteiger partial charge in [-0.2, -0.15) is 0 Å². The van der Waals surface area contributed by atoms with Crippen LogP contribution in [0.5, 0.6) is 0 Å². The minimum absolute atomic E-state index is 0.0876. The Morgan fingerprint density at radius 2 is 2.09 bits per heavy atom. The lowest BCUT2D eigenvalue weighted by atomic mass is 9.93. The molecule has 0 aliphatic rings. The van der Waals surface area contributed by atoms with E-state index < -0.39 is 0 Å². The number of hydrogen-bond acceptors (Lipinski definition) is 1. The lowest BCUT2D eigenvalue weighted by molar-refractivity contribution is 0.409. The van der Waals surface area contributed by atoms with Gasteiger partial charge in [0.25, 0.3) is 0 Å². The van der Waals surface area contributed by atoms with Crippen LogP contribution in [-0.4, -0.2) is 0 Å². The second kappa shape index (κ2) is 2.90. The maximum absolute atomic E-state index is 5.63. The summed E-state index contributed by atoms with van der Waals surface area (Å²) in [4.78, 5) is 0. The molecule has 0 bridgehead atoms. The summed E-state index contributed by atoms with van der Waals surface area (Å²) in [5, 5.41) is 0. The normalized spacial score (nSPS) is 12.0. The number of furan rings is 1. The minimum Gasteiger partial charge on any atom is -0.468 e. The van der Waals surface area contributed by atoms with Crippen LogP contribution in [0.1, 0.15) is 32.1 Å². The third kappa shape index (κ3) is 2.00. The van der Waals surface area contributed by atoms with E-state index >= 15 is 0 Å². The van der Waals surface area contributed by atoms with Crippen molar-refractivity contribution in [3.63, 3.8) is 0 Å². The zero-order valence-electron chi connectivity index (χ0n) is 7.15. The first-order chi connectivity index (χ1) is 5.04. The van der Waals surface area contributed by atoms with Crippen molar-refractivity contribution in [2.24, 2.45) is 0 Å². The first kappa shape index (κ1) is 8.66. The molecule has 0 N–H and O–H groups in total. The quantitative estimate of drug-likeness (QED) is 0.593. The van der Waals surface area contributed by atoms with Gasteiger partial charge in [0.1, 0.15) is 5.76 Å². The molecule has 0 atom stereocenters. The molecule has 1 nitrogen and oxygen atoms in total. The Bertz CT molecular complexity index is 232. The van der Waals surface area contributed by atoms with Gasteiger partial charge in [0.15, 0.2) is 0 Å². The summed E-state index contributed by atoms with van der Waals surface area (Å²) in [6, 6.07) is 2.01. The van der Waals surface area contributed by atoms with E-state index in [1.165, 1.54) is 0 Å². The van der Waals surface area contributed by atoms with Gasteiger partial charge in [-0.1, -0.05) is 20.8 Å². The Morgan fingerprint density at radius 1 is 1.45 bits per heavy atom. The van der Waals surface area contributed by atoms with Gasteiger partial charge in [-0.3, -0.25) is 0 Å². The van der Waals surface area contributed by atoms with Crippen LogP contribution in [0.4, 0.5) is 0 Å². The molecule has 0 aliphatic carbocycles. The summed E-state index contributed by atoms with van der Waals surface area (Å²) in [6.07, 6.45) is 1.72. The maximum Gasteiger partial charge on any atom is 0.109 e. The van der Waals surface area contributed by atoms with Gasteiger partial charge in [0.2, 0.25) is 0 Å². The highest BCUT2D eigenvalue weighted by Gasteiger charge is 2.17. The number of rotatable bonds is 1. The van der Waals surface area contributed by atoms with Gasteiger partial charge in [-0.05, 0) is 6.07 Å². The van der Waals surface area contributed by atoms with E-state index in [0.717, 1.165) is 11.3 Å². The van der Waals surface area contributed by atoms with Crippen molar-refractivity contribution in [2.75, 3.05) is 0 Å². The van der Waals surface area contributed by atoms with Gasteiger partial charge < -0.3 is 4.42 Å². The van der Waals surface area contributed by atoms with Crippen LogP contribution in [0.25, 0.3) is 0 Å². The van der Waals surface area contributed by atoms with Crippen LogP contribution >= 0.6 is 11.6 Å². The van der Waals surface area contributed by atoms with E-state index in [2.05, 4.69) is 20.8 Å². The summed E-state index contributed by atoms with van der Waals surface area (Å²) >= 11 is 5.63. The third-order valence-electron chi connectivity index (χ3n) is 1.55. The summed E-state index contributed by atoms with van der Waals surface area (Å²) in [6.45, 7) is 6.34. The second-order valence-corrected chi connectivity index (χ2v) is 3.97. The Kier molecular flexibility index (Phi) is 2.28. The molecule has 1 aromatic heterocycles. The molecule has 0 spiro atoms. The fraction of sp³-hybridized carbons (Fsp3) is 0.556. The Balaban J connectivity index is 2.89. The molecule has 11 heavy (non-hydrogen) atoms. The Hall–Kier alpha value is -0.430. The molecule has 0 radical (unpaired) electrons. The maximum atomic E-state index is 5.63. The van der Waals surface area contributed by atoms with Crippen LogP contribution in [0.15, 0.2) is 16.7 Å². The van der Waals surface area contributed by atoms with Crippen molar-refractivity contribution < 1.29 is 4.42 Å².